The fourth-order valence-electron chi connectivity index (χ4n) is 3.23. The Bertz CT molecular complexity index is 454. The van der Waals surface area contributed by atoms with Crippen LogP contribution in [0, 0.1) is 5.41 Å². The van der Waals surface area contributed by atoms with Crippen molar-refractivity contribution in [2.24, 2.45) is 5.41 Å². The maximum Gasteiger partial charge on any atom is 0.320 e. The normalized spacial score (nSPS) is 29.4. The average Bonchev–Trinajstić information content (AvgIpc) is 2.87. The van der Waals surface area contributed by atoms with E-state index in [0.29, 0.717) is 32.5 Å². The van der Waals surface area contributed by atoms with Gasteiger partial charge in [-0.25, -0.2) is 4.79 Å². The molecule has 2 unspecified atom stereocenters. The highest BCUT2D eigenvalue weighted by atomic mass is 16.4. The predicted molar refractivity (Wildman–Crippen MR) is 75.7 cm³/mol. The van der Waals surface area contributed by atoms with Crippen LogP contribution in [0.25, 0.3) is 0 Å². The van der Waals surface area contributed by atoms with E-state index in [0.717, 1.165) is 6.42 Å². The molecule has 118 valence electrons. The fourth-order valence-corrected chi connectivity index (χ4v) is 3.23. The van der Waals surface area contributed by atoms with Gasteiger partial charge >= 0.3 is 12.0 Å². The van der Waals surface area contributed by atoms with Crippen molar-refractivity contribution in [3.63, 3.8) is 0 Å². The molecule has 2 fully saturated rings. The lowest BCUT2D eigenvalue weighted by Crippen LogP contribution is -2.58. The lowest BCUT2D eigenvalue weighted by atomic mass is 9.83. The van der Waals surface area contributed by atoms with Crippen molar-refractivity contribution in [2.75, 3.05) is 26.2 Å². The van der Waals surface area contributed by atoms with E-state index in [9.17, 15) is 19.5 Å². The van der Waals surface area contributed by atoms with Gasteiger partial charge in [0.25, 0.3) is 0 Å². The van der Waals surface area contributed by atoms with Gasteiger partial charge in [-0.1, -0.05) is 13.3 Å². The Morgan fingerprint density at radius 3 is 2.76 bits per heavy atom. The molecule has 0 bridgehead atoms. The molecule has 0 aromatic rings. The third-order valence-electron chi connectivity index (χ3n) is 4.55. The van der Waals surface area contributed by atoms with E-state index in [1.54, 1.807) is 11.8 Å². The number of aliphatic carboxylic acids is 1. The Balaban J connectivity index is 2.08. The number of carbonyl (C=O) groups excluding carboxylic acids is 2. The van der Waals surface area contributed by atoms with E-state index in [-0.39, 0.29) is 18.5 Å². The lowest BCUT2D eigenvalue weighted by molar-refractivity contribution is -0.148. The van der Waals surface area contributed by atoms with Gasteiger partial charge < -0.3 is 20.2 Å². The summed E-state index contributed by atoms with van der Waals surface area (Å²) in [6, 6.07) is -0.728. The van der Waals surface area contributed by atoms with Crippen LogP contribution < -0.4 is 5.32 Å². The van der Waals surface area contributed by atoms with Gasteiger partial charge in [-0.05, 0) is 19.8 Å². The molecule has 0 radical (unpaired) electrons. The molecule has 2 aliphatic rings. The Labute approximate surface area is 124 Å². The van der Waals surface area contributed by atoms with Crippen LogP contribution in [-0.2, 0) is 9.59 Å². The second-order valence-electron chi connectivity index (χ2n) is 5.95. The molecule has 21 heavy (non-hydrogen) atoms. The summed E-state index contributed by atoms with van der Waals surface area (Å²) in [5, 5.41) is 12.2. The third-order valence-corrected chi connectivity index (χ3v) is 4.55. The summed E-state index contributed by atoms with van der Waals surface area (Å²) in [6.07, 6.45) is 1.83. The number of rotatable bonds is 3. The molecule has 2 aliphatic heterocycles. The van der Waals surface area contributed by atoms with E-state index in [1.165, 1.54) is 4.90 Å². The standard InChI is InChI=1S/C14H23N3O4/c1-3-4-14(12(19)20)5-7-16(9-14)13(21)17-8-6-15-11(18)10(17)2/h10H,3-9H2,1-2H3,(H,15,18)(H,19,20). The van der Waals surface area contributed by atoms with Gasteiger partial charge in [0.15, 0.2) is 0 Å². The second-order valence-corrected chi connectivity index (χ2v) is 5.95. The number of carboxylic acid groups (broad SMARTS) is 1. The number of carboxylic acids is 1. The van der Waals surface area contributed by atoms with Gasteiger partial charge in [0.2, 0.25) is 5.91 Å². The molecule has 3 amide bonds. The molecule has 2 heterocycles. The Morgan fingerprint density at radius 1 is 1.43 bits per heavy atom. The second kappa shape index (κ2) is 5.91. The van der Waals surface area contributed by atoms with Crippen molar-refractivity contribution in [3.05, 3.63) is 0 Å². The highest BCUT2D eigenvalue weighted by Gasteiger charge is 2.47. The van der Waals surface area contributed by atoms with Gasteiger partial charge in [-0.15, -0.1) is 0 Å². The van der Waals surface area contributed by atoms with E-state index in [4.69, 9.17) is 0 Å². The number of hydrogen-bond acceptors (Lipinski definition) is 3. The molecule has 2 saturated heterocycles. The number of nitrogens with one attached hydrogen (secondary N) is 1. The monoisotopic (exact) mass is 297 g/mol. The first kappa shape index (κ1) is 15.6. The predicted octanol–water partition coefficient (Wildman–Crippen LogP) is 0.504. The van der Waals surface area contributed by atoms with Crippen LogP contribution in [-0.4, -0.2) is 65.0 Å². The van der Waals surface area contributed by atoms with Crippen LogP contribution in [0.2, 0.25) is 0 Å². The van der Waals surface area contributed by atoms with Crippen LogP contribution in [0.1, 0.15) is 33.1 Å². The molecule has 2 N–H and O–H groups in total. The highest BCUT2D eigenvalue weighted by molar-refractivity contribution is 5.88. The number of urea groups is 1. The first-order chi connectivity index (χ1) is 9.91. The number of amides is 3. The summed E-state index contributed by atoms with van der Waals surface area (Å²) in [5.74, 6) is -0.990. The average molecular weight is 297 g/mol. The summed E-state index contributed by atoms with van der Waals surface area (Å²) in [6.45, 7) is 5.23. The molecular weight excluding hydrogens is 274 g/mol. The van der Waals surface area contributed by atoms with Crippen LogP contribution in [0.15, 0.2) is 0 Å². The van der Waals surface area contributed by atoms with E-state index >= 15 is 0 Å². The van der Waals surface area contributed by atoms with E-state index in [2.05, 4.69) is 5.32 Å². The van der Waals surface area contributed by atoms with Crippen molar-refractivity contribution in [1.82, 2.24) is 15.1 Å². The van der Waals surface area contributed by atoms with Crippen molar-refractivity contribution in [1.29, 1.82) is 0 Å². The molecule has 0 aromatic heterocycles. The Kier molecular flexibility index (Phi) is 4.39. The largest absolute Gasteiger partial charge is 0.481 e. The topological polar surface area (TPSA) is 89.9 Å². The molecule has 0 spiro atoms. The minimum Gasteiger partial charge on any atom is -0.481 e. The summed E-state index contributed by atoms with van der Waals surface area (Å²) in [5.41, 5.74) is -0.828. The van der Waals surface area contributed by atoms with Crippen LogP contribution in [0.5, 0.6) is 0 Å². The molecular formula is C14H23N3O4. The van der Waals surface area contributed by atoms with Gasteiger partial charge in [0.1, 0.15) is 6.04 Å². The minimum absolute atomic E-state index is 0.160. The van der Waals surface area contributed by atoms with Gasteiger partial charge in [-0.3, -0.25) is 9.59 Å². The number of likely N-dealkylation sites (tertiary alicyclic amines) is 1. The molecule has 2 rings (SSSR count). The lowest BCUT2D eigenvalue weighted by Gasteiger charge is -2.36. The summed E-state index contributed by atoms with van der Waals surface area (Å²) >= 11 is 0. The van der Waals surface area contributed by atoms with Gasteiger partial charge in [0.05, 0.1) is 5.41 Å². The van der Waals surface area contributed by atoms with Gasteiger partial charge in [0, 0.05) is 26.2 Å². The zero-order valence-corrected chi connectivity index (χ0v) is 12.6. The first-order valence-corrected chi connectivity index (χ1v) is 7.48. The fraction of sp³-hybridized carbons (Fsp3) is 0.786. The van der Waals surface area contributed by atoms with Crippen molar-refractivity contribution >= 4 is 17.9 Å². The summed E-state index contributed by atoms with van der Waals surface area (Å²) in [4.78, 5) is 38.9. The summed E-state index contributed by atoms with van der Waals surface area (Å²) in [7, 11) is 0. The van der Waals surface area contributed by atoms with Crippen LogP contribution >= 0.6 is 0 Å². The molecule has 7 nitrogen and oxygen atoms in total. The minimum atomic E-state index is -0.830. The molecule has 2 atom stereocenters. The third kappa shape index (κ3) is 2.82. The van der Waals surface area contributed by atoms with Crippen molar-refractivity contribution < 1.29 is 19.5 Å². The molecule has 7 heteroatoms. The number of hydrogen-bond donors (Lipinski definition) is 2. The van der Waals surface area contributed by atoms with Crippen molar-refractivity contribution in [3.8, 4) is 0 Å². The zero-order chi connectivity index (χ0) is 15.6. The van der Waals surface area contributed by atoms with Crippen LogP contribution in [0.4, 0.5) is 4.79 Å². The molecule has 0 aromatic carbocycles. The molecule has 0 aliphatic carbocycles. The van der Waals surface area contributed by atoms with Gasteiger partial charge in [-0.2, -0.15) is 0 Å². The maximum absolute atomic E-state index is 12.5. The van der Waals surface area contributed by atoms with E-state index in [1.807, 2.05) is 6.92 Å². The first-order valence-electron chi connectivity index (χ1n) is 7.48. The van der Waals surface area contributed by atoms with E-state index < -0.39 is 17.4 Å². The summed E-state index contributed by atoms with van der Waals surface area (Å²) < 4.78 is 0. The Hall–Kier alpha value is -1.79. The molecule has 0 saturated carbocycles. The van der Waals surface area contributed by atoms with Crippen molar-refractivity contribution in [2.45, 2.75) is 39.2 Å². The highest BCUT2D eigenvalue weighted by Crippen LogP contribution is 2.36. The Morgan fingerprint density at radius 2 is 2.14 bits per heavy atom. The smallest absolute Gasteiger partial charge is 0.320 e. The number of carbonyl (C=O) groups is 3. The maximum atomic E-state index is 12.5. The SMILES string of the molecule is CCCC1(C(=O)O)CCN(C(=O)N2CCNC(=O)C2C)C1. The number of nitrogens with zero attached hydrogens (tertiary/aromatic N) is 2. The quantitative estimate of drug-likeness (QED) is 0.794. The number of piperazine rings is 1. The zero-order valence-electron chi connectivity index (χ0n) is 12.6. The van der Waals surface area contributed by atoms with Crippen LogP contribution in [0.3, 0.4) is 0 Å².